The van der Waals surface area contributed by atoms with Crippen LogP contribution in [0, 0.1) is 20.8 Å². The number of carboxylic acid groups (broad SMARTS) is 1. The number of carbonyl (C=O) groups excluding carboxylic acids is 2. The van der Waals surface area contributed by atoms with Crippen LogP contribution in [0.15, 0.2) is 91.0 Å². The molecular formula is C39H37NO6. The summed E-state index contributed by atoms with van der Waals surface area (Å²) >= 11 is 0. The van der Waals surface area contributed by atoms with Crippen LogP contribution in [0.3, 0.4) is 0 Å². The number of aromatic nitrogens is 1. The van der Waals surface area contributed by atoms with Crippen LogP contribution in [0.25, 0.3) is 17.0 Å². The maximum atomic E-state index is 14.0. The molecule has 4 aromatic carbocycles. The highest BCUT2D eigenvalue weighted by Gasteiger charge is 2.25. The number of aliphatic carboxylic acids is 1. The minimum Gasteiger partial charge on any atom is -0.496 e. The molecule has 1 atom stereocenters. The van der Waals surface area contributed by atoms with E-state index in [0.29, 0.717) is 39.9 Å². The molecule has 0 aliphatic rings. The molecule has 1 N–H and O–H groups in total. The lowest BCUT2D eigenvalue weighted by Gasteiger charge is -2.11. The molecule has 234 valence electrons. The molecule has 0 bridgehead atoms. The van der Waals surface area contributed by atoms with Crippen LogP contribution < -0.4 is 4.74 Å². The van der Waals surface area contributed by atoms with Crippen molar-refractivity contribution in [1.82, 2.24) is 4.57 Å². The summed E-state index contributed by atoms with van der Waals surface area (Å²) in [4.78, 5) is 38.7. The zero-order valence-corrected chi connectivity index (χ0v) is 26.7. The van der Waals surface area contributed by atoms with Crippen molar-refractivity contribution < 1.29 is 29.0 Å². The maximum Gasteiger partial charge on any atom is 0.332 e. The number of ether oxygens (including phenoxy) is 2. The Hall–Kier alpha value is -5.27. The fourth-order valence-electron chi connectivity index (χ4n) is 5.39. The second-order valence-corrected chi connectivity index (χ2v) is 11.5. The first-order valence-electron chi connectivity index (χ1n) is 15.1. The van der Waals surface area contributed by atoms with Crippen molar-refractivity contribution >= 4 is 34.5 Å². The van der Waals surface area contributed by atoms with E-state index >= 15 is 0 Å². The number of methoxy groups -OCH3 is 1. The molecule has 1 aromatic heterocycles. The molecule has 7 nitrogen and oxygen atoms in total. The minimum atomic E-state index is -0.997. The summed E-state index contributed by atoms with van der Waals surface area (Å²) in [5.74, 6) is -0.851. The average molecular weight is 616 g/mol. The predicted molar refractivity (Wildman–Crippen MR) is 180 cm³/mol. The summed E-state index contributed by atoms with van der Waals surface area (Å²) in [5.41, 5.74) is 7.59. The Morgan fingerprint density at radius 1 is 0.826 bits per heavy atom. The van der Waals surface area contributed by atoms with Crippen LogP contribution in [0.4, 0.5) is 0 Å². The Morgan fingerprint density at radius 3 is 1.98 bits per heavy atom. The van der Waals surface area contributed by atoms with Crippen molar-refractivity contribution in [3.05, 3.63) is 141 Å². The summed E-state index contributed by atoms with van der Waals surface area (Å²) in [6.07, 6.45) is 3.13. The molecule has 0 unspecified atom stereocenters. The molecule has 5 rings (SSSR count). The van der Waals surface area contributed by atoms with Gasteiger partial charge in [-0.15, -0.1) is 0 Å². The van der Waals surface area contributed by atoms with Crippen molar-refractivity contribution in [2.75, 3.05) is 7.11 Å². The highest BCUT2D eigenvalue weighted by Crippen LogP contribution is 2.35. The van der Waals surface area contributed by atoms with Crippen molar-refractivity contribution in [2.45, 2.75) is 47.0 Å². The fraction of sp³-hybridized carbons (Fsp3) is 0.205. The van der Waals surface area contributed by atoms with Gasteiger partial charge in [-0.05, 0) is 44.9 Å². The van der Waals surface area contributed by atoms with Gasteiger partial charge in [-0.3, -0.25) is 9.59 Å². The second kappa shape index (κ2) is 13.8. The van der Waals surface area contributed by atoms with E-state index in [-0.39, 0.29) is 18.2 Å². The van der Waals surface area contributed by atoms with Gasteiger partial charge in [0.15, 0.2) is 17.7 Å². The standard InChI is InChI=1S/C39H37NO6/c1-24-8-16-30(17-9-24)37(41)33-21-32-34(22-35(33)45-5)40(26(3)36(32)38(42)31-18-10-25(2)11-19-31)20-6-7-28-12-14-29(15-13-28)23-46-27(4)39(43)44/h6-19,21-22,27H,20,23H2,1-5H3,(H,43,44)/t27-/m1/s1. The molecule has 0 amide bonds. The van der Waals surface area contributed by atoms with Crippen LogP contribution >= 0.6 is 0 Å². The summed E-state index contributed by atoms with van der Waals surface area (Å²) in [5, 5.41) is 9.71. The lowest BCUT2D eigenvalue weighted by molar-refractivity contribution is -0.149. The third-order valence-electron chi connectivity index (χ3n) is 8.17. The summed E-state index contributed by atoms with van der Waals surface area (Å²) in [6, 6.07) is 26.2. The van der Waals surface area contributed by atoms with Gasteiger partial charge in [-0.1, -0.05) is 96.1 Å². The quantitative estimate of drug-likeness (QED) is 0.144. The van der Waals surface area contributed by atoms with Crippen molar-refractivity contribution in [1.29, 1.82) is 0 Å². The zero-order valence-electron chi connectivity index (χ0n) is 26.7. The molecule has 46 heavy (non-hydrogen) atoms. The lowest BCUT2D eigenvalue weighted by atomic mass is 9.96. The number of rotatable bonds is 12. The monoisotopic (exact) mass is 615 g/mol. The van der Waals surface area contributed by atoms with Crippen molar-refractivity contribution in [3.8, 4) is 5.75 Å². The van der Waals surface area contributed by atoms with Crippen LogP contribution in [0.5, 0.6) is 5.75 Å². The van der Waals surface area contributed by atoms with Gasteiger partial charge in [0, 0.05) is 34.8 Å². The second-order valence-electron chi connectivity index (χ2n) is 11.5. The highest BCUT2D eigenvalue weighted by molar-refractivity contribution is 6.20. The Morgan fingerprint density at radius 2 is 1.41 bits per heavy atom. The van der Waals surface area contributed by atoms with Gasteiger partial charge in [-0.2, -0.15) is 0 Å². The predicted octanol–water partition coefficient (Wildman–Crippen LogP) is 7.74. The normalized spacial score (nSPS) is 12.0. The first kappa shape index (κ1) is 32.1. The van der Waals surface area contributed by atoms with Crippen LogP contribution in [-0.4, -0.2) is 40.4 Å². The zero-order chi connectivity index (χ0) is 33.0. The Bertz CT molecular complexity index is 1930. The fourth-order valence-corrected chi connectivity index (χ4v) is 5.39. The van der Waals surface area contributed by atoms with Gasteiger partial charge >= 0.3 is 5.97 Å². The number of hydrogen-bond donors (Lipinski definition) is 1. The third kappa shape index (κ3) is 6.85. The first-order valence-corrected chi connectivity index (χ1v) is 15.1. The molecule has 7 heteroatoms. The van der Waals surface area contributed by atoms with Gasteiger partial charge in [0.05, 0.1) is 30.4 Å². The molecule has 0 saturated carbocycles. The summed E-state index contributed by atoms with van der Waals surface area (Å²) in [7, 11) is 1.54. The van der Waals surface area contributed by atoms with E-state index in [9.17, 15) is 14.4 Å². The summed E-state index contributed by atoms with van der Waals surface area (Å²) in [6.45, 7) is 8.06. The average Bonchev–Trinajstić information content (AvgIpc) is 3.33. The van der Waals surface area contributed by atoms with Gasteiger partial charge < -0.3 is 19.1 Å². The van der Waals surface area contributed by atoms with Gasteiger partial charge in [0.2, 0.25) is 0 Å². The van der Waals surface area contributed by atoms with Gasteiger partial charge in [0.25, 0.3) is 0 Å². The van der Waals surface area contributed by atoms with E-state index in [1.807, 2.05) is 99.7 Å². The Labute approximate surface area is 268 Å². The van der Waals surface area contributed by atoms with E-state index in [2.05, 4.69) is 4.57 Å². The third-order valence-corrected chi connectivity index (χ3v) is 8.17. The number of benzene rings is 4. The van der Waals surface area contributed by atoms with E-state index in [0.717, 1.165) is 33.5 Å². The lowest BCUT2D eigenvalue weighted by Crippen LogP contribution is -2.19. The number of hydrogen-bond acceptors (Lipinski definition) is 5. The number of fused-ring (bicyclic) bond motifs is 1. The highest BCUT2D eigenvalue weighted by atomic mass is 16.5. The largest absolute Gasteiger partial charge is 0.496 e. The topological polar surface area (TPSA) is 94.8 Å². The number of ketones is 2. The molecule has 0 aliphatic heterocycles. The maximum absolute atomic E-state index is 14.0. The molecule has 1 heterocycles. The Balaban J connectivity index is 1.52. The summed E-state index contributed by atoms with van der Waals surface area (Å²) < 4.78 is 13.2. The van der Waals surface area contributed by atoms with E-state index < -0.39 is 12.1 Å². The number of nitrogens with zero attached hydrogens (tertiary/aromatic N) is 1. The van der Waals surface area contributed by atoms with Crippen molar-refractivity contribution in [2.24, 2.45) is 0 Å². The van der Waals surface area contributed by atoms with E-state index in [1.54, 1.807) is 25.3 Å². The van der Waals surface area contributed by atoms with Crippen molar-refractivity contribution in [3.63, 3.8) is 0 Å². The number of allylic oxidation sites excluding steroid dienone is 1. The minimum absolute atomic E-state index is 0.112. The number of carbonyl (C=O) groups is 3. The molecular weight excluding hydrogens is 578 g/mol. The molecule has 0 fully saturated rings. The number of aryl methyl sites for hydroxylation is 2. The van der Waals surface area contributed by atoms with E-state index in [4.69, 9.17) is 14.6 Å². The molecule has 0 aliphatic carbocycles. The molecule has 0 spiro atoms. The molecule has 5 aromatic rings. The van der Waals surface area contributed by atoms with Gasteiger partial charge in [-0.25, -0.2) is 4.79 Å². The van der Waals surface area contributed by atoms with Crippen LogP contribution in [-0.2, 0) is 22.7 Å². The van der Waals surface area contributed by atoms with E-state index in [1.165, 1.54) is 6.92 Å². The van der Waals surface area contributed by atoms with Crippen LogP contribution in [0.1, 0.15) is 66.7 Å². The van der Waals surface area contributed by atoms with Crippen LogP contribution in [0.2, 0.25) is 0 Å². The first-order chi connectivity index (χ1) is 22.1. The SMILES string of the molecule is COc1cc2c(cc1C(=O)c1ccc(C)cc1)c(C(=O)c1ccc(C)cc1)c(C)n2CC=Cc1ccc(CO[C@H](C)C(=O)O)cc1. The number of carboxylic acids is 1. The smallest absolute Gasteiger partial charge is 0.332 e. The molecule has 0 saturated heterocycles. The molecule has 0 radical (unpaired) electrons. The Kier molecular flexibility index (Phi) is 9.64. The van der Waals surface area contributed by atoms with Gasteiger partial charge in [0.1, 0.15) is 5.75 Å².